The van der Waals surface area contributed by atoms with Crippen molar-refractivity contribution >= 4 is 10.0 Å². The van der Waals surface area contributed by atoms with E-state index in [9.17, 15) is 8.42 Å². The standard InChI is InChI=1S/C11H22N2O2S/c1-13(9-10-6-7-12-8-10)16(14,15)11-4-2-3-5-11/h10-12H,2-9H2,1H3. The highest BCUT2D eigenvalue weighted by atomic mass is 32.2. The predicted octanol–water partition coefficient (Wildman–Crippen LogP) is 0.800. The minimum absolute atomic E-state index is 0.105. The van der Waals surface area contributed by atoms with E-state index in [1.165, 1.54) is 0 Å². The molecule has 2 rings (SSSR count). The Kier molecular flexibility index (Phi) is 3.87. The van der Waals surface area contributed by atoms with Crippen molar-refractivity contribution < 1.29 is 8.42 Å². The van der Waals surface area contributed by atoms with Crippen molar-refractivity contribution in [3.8, 4) is 0 Å². The van der Waals surface area contributed by atoms with Gasteiger partial charge in [0.05, 0.1) is 5.25 Å². The van der Waals surface area contributed by atoms with Gasteiger partial charge in [0.1, 0.15) is 0 Å². The number of sulfonamides is 1. The molecule has 0 aromatic heterocycles. The third kappa shape index (κ3) is 2.57. The van der Waals surface area contributed by atoms with E-state index in [1.54, 1.807) is 11.4 Å². The molecule has 5 heteroatoms. The first-order valence-electron chi connectivity index (χ1n) is 6.26. The van der Waals surface area contributed by atoms with Crippen molar-refractivity contribution in [2.75, 3.05) is 26.7 Å². The molecule has 1 heterocycles. The van der Waals surface area contributed by atoms with Gasteiger partial charge >= 0.3 is 0 Å². The zero-order chi connectivity index (χ0) is 11.6. The van der Waals surface area contributed by atoms with Gasteiger partial charge in [-0.15, -0.1) is 0 Å². The molecule has 94 valence electrons. The van der Waals surface area contributed by atoms with Gasteiger partial charge < -0.3 is 5.32 Å². The van der Waals surface area contributed by atoms with Crippen molar-refractivity contribution in [3.63, 3.8) is 0 Å². The van der Waals surface area contributed by atoms with Crippen LogP contribution in [0.25, 0.3) is 0 Å². The highest BCUT2D eigenvalue weighted by molar-refractivity contribution is 7.89. The van der Waals surface area contributed by atoms with E-state index in [0.29, 0.717) is 12.5 Å². The van der Waals surface area contributed by atoms with Crippen LogP contribution in [0.15, 0.2) is 0 Å². The summed E-state index contributed by atoms with van der Waals surface area (Å²) in [6.07, 6.45) is 4.96. The van der Waals surface area contributed by atoms with Crippen LogP contribution in [0, 0.1) is 5.92 Å². The zero-order valence-corrected chi connectivity index (χ0v) is 10.8. The van der Waals surface area contributed by atoms with Gasteiger partial charge in [-0.25, -0.2) is 12.7 Å². The lowest BCUT2D eigenvalue weighted by Crippen LogP contribution is -2.38. The van der Waals surface area contributed by atoms with E-state index >= 15 is 0 Å². The van der Waals surface area contributed by atoms with Crippen LogP contribution < -0.4 is 5.32 Å². The van der Waals surface area contributed by atoms with E-state index in [4.69, 9.17) is 0 Å². The molecule has 16 heavy (non-hydrogen) atoms. The molecule has 4 nitrogen and oxygen atoms in total. The van der Waals surface area contributed by atoms with Crippen LogP contribution in [-0.2, 0) is 10.0 Å². The minimum atomic E-state index is -3.02. The number of rotatable bonds is 4. The van der Waals surface area contributed by atoms with Gasteiger partial charge in [-0.2, -0.15) is 0 Å². The molecule has 1 N–H and O–H groups in total. The molecule has 1 saturated heterocycles. The molecule has 1 saturated carbocycles. The summed E-state index contributed by atoms with van der Waals surface area (Å²) < 4.78 is 26.1. The smallest absolute Gasteiger partial charge is 0.216 e. The second kappa shape index (κ2) is 5.02. The molecule has 0 radical (unpaired) electrons. The predicted molar refractivity (Wildman–Crippen MR) is 64.8 cm³/mol. The topological polar surface area (TPSA) is 49.4 Å². The first-order chi connectivity index (χ1) is 7.60. The normalized spacial score (nSPS) is 28.0. The summed E-state index contributed by atoms with van der Waals surface area (Å²) in [5.41, 5.74) is 0. The molecule has 2 aliphatic rings. The molecule has 2 fully saturated rings. The van der Waals surface area contributed by atoms with E-state index < -0.39 is 10.0 Å². The fourth-order valence-corrected chi connectivity index (χ4v) is 4.64. The van der Waals surface area contributed by atoms with Crippen molar-refractivity contribution in [2.45, 2.75) is 37.4 Å². The third-order valence-electron chi connectivity index (χ3n) is 3.84. The van der Waals surface area contributed by atoms with Crippen LogP contribution in [0.4, 0.5) is 0 Å². The highest BCUT2D eigenvalue weighted by Gasteiger charge is 2.33. The quantitative estimate of drug-likeness (QED) is 0.798. The van der Waals surface area contributed by atoms with E-state index in [1.807, 2.05) is 0 Å². The van der Waals surface area contributed by atoms with Gasteiger partial charge in [-0.3, -0.25) is 0 Å². The summed E-state index contributed by atoms with van der Waals surface area (Å²) in [7, 11) is -1.28. The van der Waals surface area contributed by atoms with Gasteiger partial charge in [-0.05, 0) is 38.3 Å². The van der Waals surface area contributed by atoms with Gasteiger partial charge in [0.25, 0.3) is 0 Å². The molecule has 0 amide bonds. The Hall–Kier alpha value is -0.130. The fourth-order valence-electron chi connectivity index (χ4n) is 2.78. The fraction of sp³-hybridized carbons (Fsp3) is 1.00. The van der Waals surface area contributed by atoms with Crippen LogP contribution in [0.5, 0.6) is 0 Å². The van der Waals surface area contributed by atoms with Crippen molar-refractivity contribution in [1.82, 2.24) is 9.62 Å². The molecular weight excluding hydrogens is 224 g/mol. The van der Waals surface area contributed by atoms with Gasteiger partial charge in [0, 0.05) is 13.6 Å². The maximum absolute atomic E-state index is 12.2. The number of nitrogens with one attached hydrogen (secondary N) is 1. The summed E-state index contributed by atoms with van der Waals surface area (Å²) >= 11 is 0. The van der Waals surface area contributed by atoms with E-state index in [-0.39, 0.29) is 5.25 Å². The number of hydrogen-bond acceptors (Lipinski definition) is 3. The second-order valence-corrected chi connectivity index (χ2v) is 7.41. The average molecular weight is 246 g/mol. The molecule has 1 unspecified atom stereocenters. The van der Waals surface area contributed by atoms with Gasteiger partial charge in [0.2, 0.25) is 10.0 Å². The largest absolute Gasteiger partial charge is 0.316 e. The Bertz CT molecular complexity index is 317. The Morgan fingerprint density at radius 3 is 2.50 bits per heavy atom. The summed E-state index contributed by atoms with van der Waals surface area (Å²) in [4.78, 5) is 0. The Morgan fingerprint density at radius 2 is 1.94 bits per heavy atom. The van der Waals surface area contributed by atoms with Gasteiger partial charge in [0.15, 0.2) is 0 Å². The third-order valence-corrected chi connectivity index (χ3v) is 6.17. The Morgan fingerprint density at radius 1 is 1.25 bits per heavy atom. The lowest BCUT2D eigenvalue weighted by molar-refractivity contribution is 0.394. The molecular formula is C11H22N2O2S. The summed E-state index contributed by atoms with van der Waals surface area (Å²) in [5.74, 6) is 0.501. The lowest BCUT2D eigenvalue weighted by Gasteiger charge is -2.23. The molecule has 0 bridgehead atoms. The van der Waals surface area contributed by atoms with Crippen LogP contribution in [-0.4, -0.2) is 44.7 Å². The van der Waals surface area contributed by atoms with Crippen molar-refractivity contribution in [3.05, 3.63) is 0 Å². The zero-order valence-electron chi connectivity index (χ0n) is 9.98. The summed E-state index contributed by atoms with van der Waals surface area (Å²) in [6.45, 7) is 2.68. The molecule has 1 aliphatic carbocycles. The number of hydrogen-bond donors (Lipinski definition) is 1. The SMILES string of the molecule is CN(CC1CCNC1)S(=O)(=O)C1CCCC1. The maximum Gasteiger partial charge on any atom is 0.216 e. The maximum atomic E-state index is 12.2. The van der Waals surface area contributed by atoms with Crippen molar-refractivity contribution in [1.29, 1.82) is 0 Å². The first kappa shape index (κ1) is 12.3. The Balaban J connectivity index is 1.93. The number of nitrogens with zero attached hydrogens (tertiary/aromatic N) is 1. The first-order valence-corrected chi connectivity index (χ1v) is 7.77. The van der Waals surface area contributed by atoms with Gasteiger partial charge in [-0.1, -0.05) is 12.8 Å². The monoisotopic (exact) mass is 246 g/mol. The molecule has 0 aromatic rings. The van der Waals surface area contributed by atoms with Crippen LogP contribution >= 0.6 is 0 Å². The molecule has 0 aromatic carbocycles. The summed E-state index contributed by atoms with van der Waals surface area (Å²) in [5, 5.41) is 3.17. The minimum Gasteiger partial charge on any atom is -0.316 e. The van der Waals surface area contributed by atoms with E-state index in [2.05, 4.69) is 5.32 Å². The lowest BCUT2D eigenvalue weighted by atomic mass is 10.1. The summed E-state index contributed by atoms with van der Waals surface area (Å²) in [6, 6.07) is 0. The van der Waals surface area contributed by atoms with Crippen LogP contribution in [0.1, 0.15) is 32.1 Å². The average Bonchev–Trinajstić information content (AvgIpc) is 2.89. The molecule has 1 aliphatic heterocycles. The van der Waals surface area contributed by atoms with E-state index in [0.717, 1.165) is 45.2 Å². The van der Waals surface area contributed by atoms with Crippen molar-refractivity contribution in [2.24, 2.45) is 5.92 Å². The van der Waals surface area contributed by atoms with Crippen LogP contribution in [0.3, 0.4) is 0 Å². The highest BCUT2D eigenvalue weighted by Crippen LogP contribution is 2.27. The molecule has 0 spiro atoms. The van der Waals surface area contributed by atoms with Crippen LogP contribution in [0.2, 0.25) is 0 Å². The Labute approximate surface area is 98.4 Å². The molecule has 1 atom stereocenters. The second-order valence-electron chi connectivity index (χ2n) is 5.09.